The molecule has 25 heavy (non-hydrogen) atoms. The molecule has 0 unspecified atom stereocenters. The number of pyridine rings is 1. The molecule has 0 aliphatic carbocycles. The van der Waals surface area contributed by atoms with Crippen LogP contribution in [0.3, 0.4) is 0 Å². The SMILES string of the molecule is CCCC(=O)Nc1cnc(OCC(F)(F)F)c(-c2ccc(Cl)cc2)c1. The molecule has 0 fully saturated rings. The number of benzene rings is 1. The lowest BCUT2D eigenvalue weighted by atomic mass is 10.1. The molecule has 2 rings (SSSR count). The van der Waals surface area contributed by atoms with Crippen molar-refractivity contribution in [2.24, 2.45) is 0 Å². The molecule has 4 nitrogen and oxygen atoms in total. The van der Waals surface area contributed by atoms with Crippen molar-refractivity contribution in [3.63, 3.8) is 0 Å². The molecule has 0 bridgehead atoms. The highest BCUT2D eigenvalue weighted by molar-refractivity contribution is 6.30. The van der Waals surface area contributed by atoms with E-state index in [4.69, 9.17) is 16.3 Å². The number of hydrogen-bond acceptors (Lipinski definition) is 3. The number of anilines is 1. The molecule has 1 aromatic carbocycles. The third-order valence-electron chi connectivity index (χ3n) is 3.14. The fourth-order valence-electron chi connectivity index (χ4n) is 2.07. The van der Waals surface area contributed by atoms with Gasteiger partial charge in [-0.2, -0.15) is 13.2 Å². The van der Waals surface area contributed by atoms with E-state index in [2.05, 4.69) is 10.3 Å². The highest BCUT2D eigenvalue weighted by Crippen LogP contribution is 2.32. The second-order valence-electron chi connectivity index (χ2n) is 5.29. The summed E-state index contributed by atoms with van der Waals surface area (Å²) in [6.45, 7) is 0.410. The maximum absolute atomic E-state index is 12.4. The fraction of sp³-hybridized carbons (Fsp3) is 0.294. The average molecular weight is 373 g/mol. The summed E-state index contributed by atoms with van der Waals surface area (Å²) in [6.07, 6.45) is -2.20. The van der Waals surface area contributed by atoms with E-state index in [0.29, 0.717) is 34.7 Å². The number of aromatic nitrogens is 1. The van der Waals surface area contributed by atoms with Crippen molar-refractivity contribution in [3.8, 4) is 17.0 Å². The largest absolute Gasteiger partial charge is 0.468 e. The molecule has 1 amide bonds. The van der Waals surface area contributed by atoms with Crippen LogP contribution in [0, 0.1) is 0 Å². The number of nitrogens with zero attached hydrogens (tertiary/aromatic N) is 1. The van der Waals surface area contributed by atoms with Gasteiger partial charge >= 0.3 is 6.18 Å². The van der Waals surface area contributed by atoms with Gasteiger partial charge in [0.15, 0.2) is 6.61 Å². The van der Waals surface area contributed by atoms with Gasteiger partial charge < -0.3 is 10.1 Å². The Balaban J connectivity index is 2.34. The van der Waals surface area contributed by atoms with Gasteiger partial charge in [-0.1, -0.05) is 30.7 Å². The van der Waals surface area contributed by atoms with Crippen molar-refractivity contribution < 1.29 is 22.7 Å². The molecule has 0 saturated carbocycles. The molecule has 8 heteroatoms. The number of alkyl halides is 3. The molecular weight excluding hydrogens is 357 g/mol. The number of halogens is 4. The Morgan fingerprint density at radius 1 is 1.28 bits per heavy atom. The molecule has 0 aliphatic rings. The molecule has 0 aliphatic heterocycles. The van der Waals surface area contributed by atoms with Crippen molar-refractivity contribution >= 4 is 23.2 Å². The number of ether oxygens (including phenoxy) is 1. The molecule has 1 aromatic heterocycles. The van der Waals surface area contributed by atoms with Crippen molar-refractivity contribution in [3.05, 3.63) is 41.6 Å². The van der Waals surface area contributed by atoms with Crippen molar-refractivity contribution in [2.75, 3.05) is 11.9 Å². The Hall–Kier alpha value is -2.28. The van der Waals surface area contributed by atoms with Gasteiger partial charge in [-0.3, -0.25) is 4.79 Å². The lowest BCUT2D eigenvalue weighted by molar-refractivity contribution is -0.154. The predicted molar refractivity (Wildman–Crippen MR) is 89.8 cm³/mol. The number of nitrogens with one attached hydrogen (secondary N) is 1. The fourth-order valence-corrected chi connectivity index (χ4v) is 2.20. The van der Waals surface area contributed by atoms with Gasteiger partial charge in [-0.15, -0.1) is 0 Å². The topological polar surface area (TPSA) is 51.2 Å². The van der Waals surface area contributed by atoms with Gasteiger partial charge in [0.25, 0.3) is 0 Å². The summed E-state index contributed by atoms with van der Waals surface area (Å²) in [5.74, 6) is -0.372. The standard InChI is InChI=1S/C17H16ClF3N2O2/c1-2-3-15(24)23-13-8-14(11-4-6-12(18)7-5-11)16(22-9-13)25-10-17(19,20)21/h4-9H,2-3,10H2,1H3,(H,23,24). The first-order chi connectivity index (χ1) is 11.8. The van der Waals surface area contributed by atoms with Gasteiger partial charge in [-0.25, -0.2) is 4.98 Å². The van der Waals surface area contributed by atoms with Gasteiger partial charge in [-0.05, 0) is 30.2 Å². The summed E-state index contributed by atoms with van der Waals surface area (Å²) >= 11 is 5.84. The summed E-state index contributed by atoms with van der Waals surface area (Å²) in [5, 5.41) is 3.15. The highest BCUT2D eigenvalue weighted by Gasteiger charge is 2.29. The lowest BCUT2D eigenvalue weighted by Gasteiger charge is -2.14. The van der Waals surface area contributed by atoms with Crippen LogP contribution in [0.4, 0.5) is 18.9 Å². The van der Waals surface area contributed by atoms with Crippen molar-refractivity contribution in [1.29, 1.82) is 0 Å². The molecule has 0 saturated heterocycles. The van der Waals surface area contributed by atoms with E-state index in [-0.39, 0.29) is 11.8 Å². The quantitative estimate of drug-likeness (QED) is 0.769. The Labute approximate surface area is 148 Å². The zero-order chi connectivity index (χ0) is 18.4. The molecule has 0 spiro atoms. The second kappa shape index (κ2) is 8.20. The molecule has 0 radical (unpaired) electrons. The van der Waals surface area contributed by atoms with Gasteiger partial charge in [0.05, 0.1) is 11.9 Å². The summed E-state index contributed by atoms with van der Waals surface area (Å²) < 4.78 is 42.1. The molecule has 0 atom stereocenters. The highest BCUT2D eigenvalue weighted by atomic mass is 35.5. The van der Waals surface area contributed by atoms with E-state index < -0.39 is 12.8 Å². The summed E-state index contributed by atoms with van der Waals surface area (Å²) in [4.78, 5) is 15.6. The van der Waals surface area contributed by atoms with Crippen LogP contribution < -0.4 is 10.1 Å². The van der Waals surface area contributed by atoms with E-state index >= 15 is 0 Å². The number of amides is 1. The smallest absolute Gasteiger partial charge is 0.422 e. The third kappa shape index (κ3) is 5.94. The molecule has 1 N–H and O–H groups in total. The predicted octanol–water partition coefficient (Wildman–Crippen LogP) is 5.08. The maximum Gasteiger partial charge on any atom is 0.422 e. The van der Waals surface area contributed by atoms with Gasteiger partial charge in [0, 0.05) is 17.0 Å². The first kappa shape index (κ1) is 19.1. The van der Waals surface area contributed by atoms with E-state index in [1.54, 1.807) is 24.3 Å². The van der Waals surface area contributed by atoms with Crippen LogP contribution in [-0.4, -0.2) is 23.7 Å². The minimum atomic E-state index is -4.48. The van der Waals surface area contributed by atoms with Crippen molar-refractivity contribution in [2.45, 2.75) is 25.9 Å². The minimum absolute atomic E-state index is 0.173. The zero-order valence-corrected chi connectivity index (χ0v) is 14.1. The third-order valence-corrected chi connectivity index (χ3v) is 3.39. The van der Waals surface area contributed by atoms with Crippen LogP contribution >= 0.6 is 11.6 Å². The minimum Gasteiger partial charge on any atom is -0.468 e. The number of carbonyl (C=O) groups is 1. The number of carbonyl (C=O) groups excluding carboxylic acids is 1. The average Bonchev–Trinajstić information content (AvgIpc) is 2.54. The monoisotopic (exact) mass is 372 g/mol. The van der Waals surface area contributed by atoms with Crippen LogP contribution in [0.5, 0.6) is 5.88 Å². The normalized spacial score (nSPS) is 11.2. The zero-order valence-electron chi connectivity index (χ0n) is 13.4. The molecule has 2 aromatic rings. The summed E-state index contributed by atoms with van der Waals surface area (Å²) in [6, 6.07) is 8.00. The summed E-state index contributed by atoms with van der Waals surface area (Å²) in [5.41, 5.74) is 1.28. The molecule has 1 heterocycles. The van der Waals surface area contributed by atoms with E-state index in [0.717, 1.165) is 0 Å². The van der Waals surface area contributed by atoms with Crippen LogP contribution in [0.25, 0.3) is 11.1 Å². The van der Waals surface area contributed by atoms with Crippen molar-refractivity contribution in [1.82, 2.24) is 4.98 Å². The summed E-state index contributed by atoms with van der Waals surface area (Å²) in [7, 11) is 0. The first-order valence-electron chi connectivity index (χ1n) is 7.54. The Bertz CT molecular complexity index is 734. The van der Waals surface area contributed by atoms with E-state index in [1.807, 2.05) is 6.92 Å². The van der Waals surface area contributed by atoms with E-state index in [1.165, 1.54) is 12.3 Å². The lowest BCUT2D eigenvalue weighted by Crippen LogP contribution is -2.20. The Morgan fingerprint density at radius 3 is 2.56 bits per heavy atom. The molecule has 134 valence electrons. The van der Waals surface area contributed by atoms with Gasteiger partial charge in [0.2, 0.25) is 11.8 Å². The Morgan fingerprint density at radius 2 is 1.96 bits per heavy atom. The van der Waals surface area contributed by atoms with Crippen LogP contribution in [0.1, 0.15) is 19.8 Å². The maximum atomic E-state index is 12.4. The van der Waals surface area contributed by atoms with Crippen LogP contribution in [0.15, 0.2) is 36.5 Å². The van der Waals surface area contributed by atoms with Gasteiger partial charge in [0.1, 0.15) is 0 Å². The second-order valence-corrected chi connectivity index (χ2v) is 5.72. The number of rotatable bonds is 6. The first-order valence-corrected chi connectivity index (χ1v) is 7.91. The molecular formula is C17H16ClF3N2O2. The Kier molecular flexibility index (Phi) is 6.25. The van der Waals surface area contributed by atoms with Crippen LogP contribution in [-0.2, 0) is 4.79 Å². The number of hydrogen-bond donors (Lipinski definition) is 1. The van der Waals surface area contributed by atoms with E-state index in [9.17, 15) is 18.0 Å². The van der Waals surface area contributed by atoms with Crippen LogP contribution in [0.2, 0.25) is 5.02 Å².